The van der Waals surface area contributed by atoms with Crippen molar-refractivity contribution in [2.24, 2.45) is 5.41 Å². The van der Waals surface area contributed by atoms with Gasteiger partial charge in [-0.3, -0.25) is 14.5 Å². The van der Waals surface area contributed by atoms with Crippen molar-refractivity contribution in [3.8, 4) is 0 Å². The second kappa shape index (κ2) is 9.81. The summed E-state index contributed by atoms with van der Waals surface area (Å²) in [6, 6.07) is 20.5. The lowest BCUT2D eigenvalue weighted by Crippen LogP contribution is -2.41. The highest BCUT2D eigenvalue weighted by Gasteiger charge is 2.52. The third-order valence-corrected chi connectivity index (χ3v) is 5.75. The van der Waals surface area contributed by atoms with E-state index in [2.05, 4.69) is 29.3 Å². The summed E-state index contributed by atoms with van der Waals surface area (Å²) in [4.78, 5) is 27.5. The van der Waals surface area contributed by atoms with Gasteiger partial charge in [-0.05, 0) is 37.4 Å². The highest BCUT2D eigenvalue weighted by molar-refractivity contribution is 6.06. The zero-order valence-corrected chi connectivity index (χ0v) is 17.3. The first-order chi connectivity index (χ1) is 14.0. The fraction of sp³-hybridized carbons (Fsp3) is 0.417. The van der Waals surface area contributed by atoms with Crippen molar-refractivity contribution >= 4 is 11.8 Å². The molecule has 154 valence electrons. The molecule has 0 amide bonds. The van der Waals surface area contributed by atoms with Crippen LogP contribution in [0, 0.1) is 5.41 Å². The van der Waals surface area contributed by atoms with E-state index in [1.807, 2.05) is 48.5 Å². The van der Waals surface area contributed by atoms with Crippen LogP contribution in [0.2, 0.25) is 0 Å². The second-order valence-electron chi connectivity index (χ2n) is 7.82. The van der Waals surface area contributed by atoms with Crippen LogP contribution in [-0.2, 0) is 20.9 Å². The highest BCUT2D eigenvalue weighted by atomic mass is 16.5. The Bertz CT molecular complexity index is 809. The number of ketones is 1. The van der Waals surface area contributed by atoms with E-state index in [4.69, 9.17) is 4.74 Å². The fourth-order valence-electron chi connectivity index (χ4n) is 4.10. The summed E-state index contributed by atoms with van der Waals surface area (Å²) in [6.45, 7) is 4.22. The number of carbonyl (C=O) groups excluding carboxylic acids is 2. The molecule has 0 spiro atoms. The number of hydrogen-bond donors (Lipinski definition) is 1. The van der Waals surface area contributed by atoms with E-state index in [1.54, 1.807) is 0 Å². The van der Waals surface area contributed by atoms with E-state index in [-0.39, 0.29) is 18.4 Å². The lowest BCUT2D eigenvalue weighted by Gasteiger charge is -2.25. The normalized spacial score (nSPS) is 20.6. The first-order valence-corrected chi connectivity index (χ1v) is 10.2. The molecule has 1 fully saturated rings. The Morgan fingerprint density at radius 2 is 1.79 bits per heavy atom. The molecule has 29 heavy (non-hydrogen) atoms. The van der Waals surface area contributed by atoms with Crippen LogP contribution in [0.4, 0.5) is 0 Å². The largest absolute Gasteiger partial charge is 0.468 e. The van der Waals surface area contributed by atoms with Crippen molar-refractivity contribution in [2.45, 2.75) is 32.4 Å². The maximum Gasteiger partial charge on any atom is 0.320 e. The molecule has 3 rings (SSSR count). The summed E-state index contributed by atoms with van der Waals surface area (Å²) >= 11 is 0. The molecule has 1 N–H and O–H groups in total. The summed E-state index contributed by atoms with van der Waals surface area (Å²) in [5.74, 6) is -0.439. The van der Waals surface area contributed by atoms with Crippen LogP contribution in [0.15, 0.2) is 60.7 Å². The van der Waals surface area contributed by atoms with Crippen molar-refractivity contribution < 1.29 is 14.3 Å². The van der Waals surface area contributed by atoms with Gasteiger partial charge in [0.25, 0.3) is 0 Å². The Labute approximate surface area is 173 Å². The number of nitrogens with zero attached hydrogens (tertiary/aromatic N) is 1. The van der Waals surface area contributed by atoms with Gasteiger partial charge in [-0.15, -0.1) is 0 Å². The number of Topliss-reactive ketones (excluding diaryl/α,β-unsaturated/α-hetero) is 1. The molecule has 2 aromatic carbocycles. The minimum atomic E-state index is -1.05. The monoisotopic (exact) mass is 394 g/mol. The fourth-order valence-corrected chi connectivity index (χ4v) is 4.10. The molecule has 2 atom stereocenters. The smallest absolute Gasteiger partial charge is 0.320 e. The van der Waals surface area contributed by atoms with Crippen molar-refractivity contribution in [1.82, 2.24) is 10.2 Å². The molecule has 0 saturated carbocycles. The average Bonchev–Trinajstić information content (AvgIpc) is 3.07. The molecule has 5 heteroatoms. The molecular formula is C24H30N2O3. The van der Waals surface area contributed by atoms with Gasteiger partial charge in [0, 0.05) is 19.1 Å². The molecule has 1 heterocycles. The molecule has 1 saturated heterocycles. The van der Waals surface area contributed by atoms with Crippen molar-refractivity contribution in [3.05, 3.63) is 71.8 Å². The summed E-state index contributed by atoms with van der Waals surface area (Å²) < 4.78 is 5.05. The third-order valence-electron chi connectivity index (χ3n) is 5.75. The maximum absolute atomic E-state index is 12.9. The van der Waals surface area contributed by atoms with Gasteiger partial charge < -0.3 is 10.1 Å². The minimum absolute atomic E-state index is 0.0311. The van der Waals surface area contributed by atoms with Crippen molar-refractivity contribution in [3.63, 3.8) is 0 Å². The highest BCUT2D eigenvalue weighted by Crippen LogP contribution is 2.34. The SMILES string of the molecule is COC(=O)C1(CCCN[C@H](C)c2ccccc2)CN(Cc2ccccc2)CC1=O. The second-order valence-corrected chi connectivity index (χ2v) is 7.82. The first-order valence-electron chi connectivity index (χ1n) is 10.2. The van der Waals surface area contributed by atoms with E-state index in [9.17, 15) is 9.59 Å². The lowest BCUT2D eigenvalue weighted by molar-refractivity contribution is -0.156. The maximum atomic E-state index is 12.9. The Morgan fingerprint density at radius 3 is 2.45 bits per heavy atom. The van der Waals surface area contributed by atoms with Crippen molar-refractivity contribution in [2.75, 3.05) is 26.7 Å². The van der Waals surface area contributed by atoms with Crippen LogP contribution < -0.4 is 5.32 Å². The quantitative estimate of drug-likeness (QED) is 0.401. The predicted molar refractivity (Wildman–Crippen MR) is 113 cm³/mol. The van der Waals surface area contributed by atoms with E-state index in [0.29, 0.717) is 19.5 Å². The zero-order chi connectivity index (χ0) is 20.7. The lowest BCUT2D eigenvalue weighted by atomic mass is 9.81. The molecule has 1 aliphatic rings. The molecule has 5 nitrogen and oxygen atoms in total. The number of hydrogen-bond acceptors (Lipinski definition) is 5. The van der Waals surface area contributed by atoms with Gasteiger partial charge in [0.1, 0.15) is 5.41 Å². The van der Waals surface area contributed by atoms with Gasteiger partial charge >= 0.3 is 5.97 Å². The summed E-state index contributed by atoms with van der Waals surface area (Å²) in [5, 5.41) is 3.49. The number of methoxy groups -OCH3 is 1. The van der Waals surface area contributed by atoms with Crippen LogP contribution in [0.25, 0.3) is 0 Å². The summed E-state index contributed by atoms with van der Waals surface area (Å²) in [6.07, 6.45) is 1.23. The van der Waals surface area contributed by atoms with Gasteiger partial charge in [0.15, 0.2) is 5.78 Å². The van der Waals surface area contributed by atoms with E-state index < -0.39 is 11.4 Å². The van der Waals surface area contributed by atoms with E-state index in [0.717, 1.165) is 18.5 Å². The van der Waals surface area contributed by atoms with Gasteiger partial charge in [-0.2, -0.15) is 0 Å². The predicted octanol–water partition coefficient (Wildman–Crippen LogP) is 3.36. The van der Waals surface area contributed by atoms with Gasteiger partial charge in [-0.25, -0.2) is 0 Å². The van der Waals surface area contributed by atoms with Crippen LogP contribution in [-0.4, -0.2) is 43.4 Å². The number of likely N-dealkylation sites (tertiary alicyclic amines) is 1. The summed E-state index contributed by atoms with van der Waals surface area (Å²) in [5.41, 5.74) is 1.31. The zero-order valence-electron chi connectivity index (χ0n) is 17.3. The van der Waals surface area contributed by atoms with Gasteiger partial charge in [-0.1, -0.05) is 60.7 Å². The molecule has 1 unspecified atom stereocenters. The standard InChI is InChI=1S/C24H30N2O3/c1-19(21-12-7-4-8-13-21)25-15-9-14-24(23(28)29-2)18-26(17-22(24)27)16-20-10-5-3-6-11-20/h3-8,10-13,19,25H,9,14-18H2,1-2H3/t19-,24?/m1/s1. The van der Waals surface area contributed by atoms with E-state index >= 15 is 0 Å². The number of benzene rings is 2. The topological polar surface area (TPSA) is 58.6 Å². The van der Waals surface area contributed by atoms with Gasteiger partial charge in [0.05, 0.1) is 13.7 Å². The number of esters is 1. The minimum Gasteiger partial charge on any atom is -0.468 e. The number of rotatable bonds is 9. The van der Waals surface area contributed by atoms with Crippen molar-refractivity contribution in [1.29, 1.82) is 0 Å². The van der Waals surface area contributed by atoms with Crippen LogP contribution in [0.1, 0.15) is 36.9 Å². The molecule has 0 radical (unpaired) electrons. The average molecular weight is 395 g/mol. The molecule has 0 bridgehead atoms. The Kier molecular flexibility index (Phi) is 7.18. The number of nitrogens with one attached hydrogen (secondary N) is 1. The molecule has 0 aromatic heterocycles. The summed E-state index contributed by atoms with van der Waals surface area (Å²) in [7, 11) is 1.37. The Hall–Kier alpha value is -2.50. The number of ether oxygens (including phenoxy) is 1. The molecule has 0 aliphatic carbocycles. The van der Waals surface area contributed by atoms with Crippen LogP contribution >= 0.6 is 0 Å². The van der Waals surface area contributed by atoms with E-state index in [1.165, 1.54) is 12.7 Å². The molecular weight excluding hydrogens is 364 g/mol. The number of carbonyl (C=O) groups is 2. The van der Waals surface area contributed by atoms with Gasteiger partial charge in [0.2, 0.25) is 0 Å². The van der Waals surface area contributed by atoms with Crippen LogP contribution in [0.5, 0.6) is 0 Å². The first kappa shape index (κ1) is 21.2. The third kappa shape index (κ3) is 5.11. The Morgan fingerprint density at radius 1 is 1.14 bits per heavy atom. The Balaban J connectivity index is 1.58. The van der Waals surface area contributed by atoms with Crippen LogP contribution in [0.3, 0.4) is 0 Å². The molecule has 2 aromatic rings. The molecule has 1 aliphatic heterocycles.